The van der Waals surface area contributed by atoms with E-state index in [0.29, 0.717) is 0 Å². The van der Waals surface area contributed by atoms with Crippen molar-refractivity contribution in [2.75, 3.05) is 0 Å². The minimum absolute atomic E-state index is 1.92. The molecule has 0 aliphatic carbocycles. The zero-order valence-corrected chi connectivity index (χ0v) is 14.2. The van der Waals surface area contributed by atoms with Crippen LogP contribution < -0.4 is 0 Å². The Kier molecular flexibility index (Phi) is 4.45. The summed E-state index contributed by atoms with van der Waals surface area (Å²) < 4.78 is 2.44. The number of terminal acetylenes is 3. The second kappa shape index (κ2) is 4.65. The third-order valence-corrected chi connectivity index (χ3v) is 18.3. The number of hydrogen-bond donors (Lipinski definition) is 0. The first-order chi connectivity index (χ1) is 7.05. The molecule has 0 saturated carbocycles. The van der Waals surface area contributed by atoms with Crippen molar-refractivity contribution in [3.63, 3.8) is 0 Å². The van der Waals surface area contributed by atoms with E-state index < -0.39 is 24.7 Å². The summed E-state index contributed by atoms with van der Waals surface area (Å²) in [6, 6.07) is 0. The van der Waals surface area contributed by atoms with Gasteiger partial charge in [-0.3, -0.25) is 0 Å². The average molecular weight is 264 g/mol. The monoisotopic (exact) mass is 263 g/mol. The van der Waals surface area contributed by atoms with Crippen molar-refractivity contribution < 1.29 is 0 Å². The fraction of sp³-hybridized carbons (Fsp3) is 0.500. The number of nitrogens with zero attached hydrogens (tertiary/aromatic N) is 1. The molecule has 0 spiro atoms. The minimum Gasteiger partial charge on any atom is -0.339 e. The van der Waals surface area contributed by atoms with E-state index in [0.717, 1.165) is 0 Å². The Balaban J connectivity index is 5.76. The molecule has 0 amide bonds. The van der Waals surface area contributed by atoms with Crippen molar-refractivity contribution in [1.82, 2.24) is 3.90 Å². The molecule has 0 heterocycles. The molecule has 0 bridgehead atoms. The van der Waals surface area contributed by atoms with Crippen LogP contribution in [0.25, 0.3) is 0 Å². The SMILES string of the molecule is C#C[Si](C)(C)N([Si](C)(C)C#C)[Si](C)(C)C#C. The van der Waals surface area contributed by atoms with Gasteiger partial charge in [-0.2, -0.15) is 0 Å². The maximum atomic E-state index is 5.69. The maximum Gasteiger partial charge on any atom is 0.192 e. The molecule has 4 heteroatoms. The molecule has 0 fully saturated rings. The van der Waals surface area contributed by atoms with Gasteiger partial charge in [0.25, 0.3) is 0 Å². The van der Waals surface area contributed by atoms with Crippen LogP contribution in [0.5, 0.6) is 0 Å². The quantitative estimate of drug-likeness (QED) is 0.558. The molecule has 0 radical (unpaired) electrons. The van der Waals surface area contributed by atoms with Crippen LogP contribution in [0.15, 0.2) is 0 Å². The second-order valence-electron chi connectivity index (χ2n) is 5.45. The summed E-state index contributed by atoms with van der Waals surface area (Å²) in [7, 11) is -5.76. The lowest BCUT2D eigenvalue weighted by molar-refractivity contribution is 0.939. The van der Waals surface area contributed by atoms with Gasteiger partial charge in [-0.05, 0) is 39.3 Å². The molecule has 0 aromatic heterocycles. The van der Waals surface area contributed by atoms with Crippen molar-refractivity contribution in [3.8, 4) is 35.9 Å². The van der Waals surface area contributed by atoms with Crippen LogP contribution in [0.1, 0.15) is 0 Å². The second-order valence-corrected chi connectivity index (χ2v) is 18.3. The molecule has 0 rings (SSSR count). The smallest absolute Gasteiger partial charge is 0.192 e. The van der Waals surface area contributed by atoms with Gasteiger partial charge in [0.15, 0.2) is 24.7 Å². The van der Waals surface area contributed by atoms with E-state index >= 15 is 0 Å². The third kappa shape index (κ3) is 2.90. The Morgan fingerprint density at radius 1 is 0.625 bits per heavy atom. The maximum absolute atomic E-state index is 5.69. The summed E-state index contributed by atoms with van der Waals surface area (Å²) in [6.45, 7) is 12.9. The van der Waals surface area contributed by atoms with Crippen molar-refractivity contribution in [1.29, 1.82) is 0 Å². The Labute approximate surface area is 104 Å². The Hall–Kier alpha value is -0.709. The molecular weight excluding hydrogens is 242 g/mol. The molecular formula is C12H21NSi3. The molecule has 0 aliphatic rings. The van der Waals surface area contributed by atoms with Crippen molar-refractivity contribution in [2.45, 2.75) is 39.3 Å². The zero-order chi connectivity index (χ0) is 13.2. The predicted octanol–water partition coefficient (Wildman–Crippen LogP) is 2.42. The van der Waals surface area contributed by atoms with Crippen LogP contribution in [0.2, 0.25) is 39.3 Å². The lowest BCUT2D eigenvalue weighted by Crippen LogP contribution is -2.71. The van der Waals surface area contributed by atoms with Gasteiger partial charge in [-0.1, -0.05) is 0 Å². The Bertz CT molecular complexity index is 326. The Morgan fingerprint density at radius 3 is 0.938 bits per heavy atom. The molecule has 0 aromatic carbocycles. The van der Waals surface area contributed by atoms with Gasteiger partial charge in [0, 0.05) is 0 Å². The largest absolute Gasteiger partial charge is 0.339 e. The van der Waals surface area contributed by atoms with Crippen LogP contribution >= 0.6 is 0 Å². The molecule has 1 nitrogen and oxygen atoms in total. The Morgan fingerprint density at radius 2 is 0.812 bits per heavy atom. The van der Waals surface area contributed by atoms with E-state index in [-0.39, 0.29) is 0 Å². The van der Waals surface area contributed by atoms with Crippen LogP contribution in [0.3, 0.4) is 0 Å². The van der Waals surface area contributed by atoms with E-state index in [9.17, 15) is 0 Å². The lowest BCUT2D eigenvalue weighted by atomic mass is 11.4. The van der Waals surface area contributed by atoms with Gasteiger partial charge >= 0.3 is 0 Å². The van der Waals surface area contributed by atoms with Gasteiger partial charge in [-0.25, -0.2) is 0 Å². The molecule has 0 aliphatic heterocycles. The van der Waals surface area contributed by atoms with Gasteiger partial charge < -0.3 is 3.90 Å². The molecule has 0 aromatic rings. The molecule has 0 saturated heterocycles. The van der Waals surface area contributed by atoms with E-state index in [1.807, 2.05) is 0 Å². The normalized spacial score (nSPS) is 12.8. The van der Waals surface area contributed by atoms with Crippen LogP contribution in [-0.2, 0) is 0 Å². The first-order valence-corrected chi connectivity index (χ1v) is 14.1. The van der Waals surface area contributed by atoms with E-state index in [1.54, 1.807) is 0 Å². The molecule has 86 valence electrons. The van der Waals surface area contributed by atoms with Crippen molar-refractivity contribution in [3.05, 3.63) is 0 Å². The summed E-state index contributed by atoms with van der Waals surface area (Å²) in [5.41, 5.74) is 8.90. The highest BCUT2D eigenvalue weighted by molar-refractivity contribution is 7.11. The van der Waals surface area contributed by atoms with Gasteiger partial charge in [-0.15, -0.1) is 35.9 Å². The lowest BCUT2D eigenvalue weighted by Gasteiger charge is -2.48. The molecule has 16 heavy (non-hydrogen) atoms. The van der Waals surface area contributed by atoms with E-state index in [2.05, 4.69) is 59.8 Å². The summed E-state index contributed by atoms with van der Waals surface area (Å²) in [5.74, 6) is 0. The van der Waals surface area contributed by atoms with Crippen LogP contribution in [0, 0.1) is 35.9 Å². The summed E-state index contributed by atoms with van der Waals surface area (Å²) in [5, 5.41) is 0. The van der Waals surface area contributed by atoms with Crippen LogP contribution in [0.4, 0.5) is 0 Å². The highest BCUT2D eigenvalue weighted by atomic mass is 28.5. The van der Waals surface area contributed by atoms with Gasteiger partial charge in [0.05, 0.1) is 0 Å². The molecule has 0 atom stereocenters. The first kappa shape index (κ1) is 15.3. The molecule has 0 N–H and O–H groups in total. The van der Waals surface area contributed by atoms with Gasteiger partial charge in [0.2, 0.25) is 0 Å². The summed E-state index contributed by atoms with van der Waals surface area (Å²) in [4.78, 5) is 0. The summed E-state index contributed by atoms with van der Waals surface area (Å²) in [6.07, 6.45) is 17.1. The molecule has 0 unspecified atom stereocenters. The van der Waals surface area contributed by atoms with Gasteiger partial charge in [0.1, 0.15) is 0 Å². The number of hydrogen-bond acceptors (Lipinski definition) is 1. The fourth-order valence-electron chi connectivity index (χ4n) is 2.29. The topological polar surface area (TPSA) is 3.24 Å². The van der Waals surface area contributed by atoms with Crippen molar-refractivity contribution in [2.24, 2.45) is 0 Å². The summed E-state index contributed by atoms with van der Waals surface area (Å²) >= 11 is 0. The highest BCUT2D eigenvalue weighted by Gasteiger charge is 2.47. The number of rotatable bonds is 3. The third-order valence-electron chi connectivity index (χ3n) is 2.74. The zero-order valence-electron chi connectivity index (χ0n) is 11.2. The predicted molar refractivity (Wildman–Crippen MR) is 80.8 cm³/mol. The average Bonchev–Trinajstić information content (AvgIpc) is 2.16. The van der Waals surface area contributed by atoms with Crippen LogP contribution in [-0.4, -0.2) is 28.6 Å². The first-order valence-electron chi connectivity index (χ1n) is 5.29. The standard InChI is InChI=1S/C12H21NSi3/c1-10-14(4,5)13(15(6,7)11-2)16(8,9)12-3/h1-3H,4-9H3. The highest BCUT2D eigenvalue weighted by Crippen LogP contribution is 2.26. The van der Waals surface area contributed by atoms with E-state index in [4.69, 9.17) is 19.3 Å². The van der Waals surface area contributed by atoms with Crippen molar-refractivity contribution >= 4 is 24.7 Å². The fourth-order valence-corrected chi connectivity index (χ4v) is 20.6. The minimum atomic E-state index is -1.92. The van der Waals surface area contributed by atoms with E-state index in [1.165, 1.54) is 0 Å².